The summed E-state index contributed by atoms with van der Waals surface area (Å²) in [6, 6.07) is 8.49. The molecule has 1 amide bonds. The maximum absolute atomic E-state index is 12.9. The topological polar surface area (TPSA) is 46.3 Å². The van der Waals surface area contributed by atoms with E-state index in [2.05, 4.69) is 38.1 Å². The van der Waals surface area contributed by atoms with Gasteiger partial charge in [-0.1, -0.05) is 38.1 Å². The molecule has 0 fully saturated rings. The molecule has 0 saturated heterocycles. The zero-order chi connectivity index (χ0) is 17.0. The molecule has 0 unspecified atom stereocenters. The van der Waals surface area contributed by atoms with Crippen LogP contribution in [0.5, 0.6) is 0 Å². The van der Waals surface area contributed by atoms with E-state index in [1.165, 1.54) is 10.4 Å². The van der Waals surface area contributed by atoms with Crippen LogP contribution >= 0.6 is 11.3 Å². The summed E-state index contributed by atoms with van der Waals surface area (Å²) in [6.45, 7) is 9.65. The van der Waals surface area contributed by atoms with Crippen LogP contribution in [0.3, 0.4) is 0 Å². The van der Waals surface area contributed by atoms with E-state index < -0.39 is 0 Å². The van der Waals surface area contributed by atoms with Crippen LogP contribution in [0.25, 0.3) is 11.1 Å². The SMILES string of the molecule is CCc1ccc(-c2c(CC)sc(N)c2C(=O)N(CC)CC)cc1. The molecule has 1 aromatic heterocycles. The van der Waals surface area contributed by atoms with Crippen molar-refractivity contribution in [2.45, 2.75) is 40.5 Å². The predicted octanol–water partition coefficient (Wildman–Crippen LogP) is 4.60. The highest BCUT2D eigenvalue weighted by atomic mass is 32.1. The van der Waals surface area contributed by atoms with Crippen LogP contribution in [0.2, 0.25) is 0 Å². The molecule has 0 aliphatic carbocycles. The van der Waals surface area contributed by atoms with E-state index in [4.69, 9.17) is 5.73 Å². The van der Waals surface area contributed by atoms with Crippen molar-refractivity contribution >= 4 is 22.2 Å². The minimum atomic E-state index is 0.0398. The number of carbonyl (C=O) groups excluding carboxylic acids is 1. The number of nitrogens with two attached hydrogens (primary N) is 1. The summed E-state index contributed by atoms with van der Waals surface area (Å²) in [4.78, 5) is 15.9. The molecule has 0 aliphatic heterocycles. The molecule has 4 heteroatoms. The monoisotopic (exact) mass is 330 g/mol. The summed E-state index contributed by atoms with van der Waals surface area (Å²) >= 11 is 1.54. The lowest BCUT2D eigenvalue weighted by Gasteiger charge is -2.19. The zero-order valence-corrected chi connectivity index (χ0v) is 15.3. The first-order valence-corrected chi connectivity index (χ1v) is 9.18. The Labute approximate surface area is 143 Å². The van der Waals surface area contributed by atoms with Gasteiger partial charge in [0.1, 0.15) is 0 Å². The number of anilines is 1. The summed E-state index contributed by atoms with van der Waals surface area (Å²) in [5.74, 6) is 0.0398. The van der Waals surface area contributed by atoms with Gasteiger partial charge in [-0.25, -0.2) is 0 Å². The van der Waals surface area contributed by atoms with Crippen LogP contribution in [0, 0.1) is 0 Å². The number of hydrogen-bond acceptors (Lipinski definition) is 3. The second-order valence-corrected chi connectivity index (χ2v) is 6.66. The molecular weight excluding hydrogens is 304 g/mol. The van der Waals surface area contributed by atoms with E-state index in [9.17, 15) is 4.79 Å². The number of nitrogens with zero attached hydrogens (tertiary/aromatic N) is 1. The molecule has 0 bridgehead atoms. The maximum Gasteiger partial charge on any atom is 0.257 e. The summed E-state index contributed by atoms with van der Waals surface area (Å²) in [5.41, 5.74) is 10.3. The van der Waals surface area contributed by atoms with Gasteiger partial charge in [0.15, 0.2) is 0 Å². The first-order chi connectivity index (χ1) is 11.1. The molecule has 2 aromatic rings. The van der Waals surface area contributed by atoms with Gasteiger partial charge in [-0.2, -0.15) is 0 Å². The Morgan fingerprint density at radius 1 is 1.04 bits per heavy atom. The third-order valence-electron chi connectivity index (χ3n) is 4.24. The zero-order valence-electron chi connectivity index (χ0n) is 14.5. The van der Waals surface area contributed by atoms with Gasteiger partial charge < -0.3 is 10.6 Å². The van der Waals surface area contributed by atoms with Crippen molar-refractivity contribution in [1.29, 1.82) is 0 Å². The molecule has 124 valence electrons. The van der Waals surface area contributed by atoms with Gasteiger partial charge in [0.25, 0.3) is 5.91 Å². The number of nitrogen functional groups attached to an aromatic ring is 1. The van der Waals surface area contributed by atoms with Crippen LogP contribution < -0.4 is 5.73 Å². The minimum Gasteiger partial charge on any atom is -0.390 e. The third-order valence-corrected chi connectivity index (χ3v) is 5.41. The van der Waals surface area contributed by atoms with E-state index >= 15 is 0 Å². The Balaban J connectivity index is 2.58. The number of carbonyl (C=O) groups is 1. The molecule has 0 radical (unpaired) electrons. The number of aryl methyl sites for hydroxylation is 2. The van der Waals surface area contributed by atoms with Crippen molar-refractivity contribution < 1.29 is 4.79 Å². The largest absolute Gasteiger partial charge is 0.390 e. The number of hydrogen-bond donors (Lipinski definition) is 1. The van der Waals surface area contributed by atoms with Crippen molar-refractivity contribution in [2.75, 3.05) is 18.8 Å². The lowest BCUT2D eigenvalue weighted by atomic mass is 9.98. The van der Waals surface area contributed by atoms with Crippen molar-refractivity contribution in [1.82, 2.24) is 4.90 Å². The average molecular weight is 330 g/mol. The van der Waals surface area contributed by atoms with E-state index in [0.717, 1.165) is 24.0 Å². The van der Waals surface area contributed by atoms with Gasteiger partial charge in [-0.15, -0.1) is 11.3 Å². The van der Waals surface area contributed by atoms with Gasteiger partial charge in [-0.3, -0.25) is 4.79 Å². The van der Waals surface area contributed by atoms with Gasteiger partial charge in [-0.05, 0) is 37.8 Å². The quantitative estimate of drug-likeness (QED) is 0.841. The van der Waals surface area contributed by atoms with E-state index in [-0.39, 0.29) is 5.91 Å². The summed E-state index contributed by atoms with van der Waals surface area (Å²) < 4.78 is 0. The summed E-state index contributed by atoms with van der Waals surface area (Å²) in [5, 5.41) is 0.633. The molecule has 23 heavy (non-hydrogen) atoms. The Kier molecular flexibility index (Phi) is 5.83. The molecule has 0 atom stereocenters. The van der Waals surface area contributed by atoms with Gasteiger partial charge >= 0.3 is 0 Å². The fourth-order valence-corrected chi connectivity index (χ4v) is 3.86. The van der Waals surface area contributed by atoms with Gasteiger partial charge in [0.2, 0.25) is 0 Å². The van der Waals surface area contributed by atoms with Crippen LogP contribution in [0.15, 0.2) is 24.3 Å². The second-order valence-electron chi connectivity index (χ2n) is 5.52. The first-order valence-electron chi connectivity index (χ1n) is 8.36. The lowest BCUT2D eigenvalue weighted by Crippen LogP contribution is -2.31. The smallest absolute Gasteiger partial charge is 0.257 e. The Morgan fingerprint density at radius 3 is 2.13 bits per heavy atom. The normalized spacial score (nSPS) is 10.8. The molecule has 0 spiro atoms. The van der Waals surface area contributed by atoms with Crippen molar-refractivity contribution in [3.8, 4) is 11.1 Å². The van der Waals surface area contributed by atoms with Crippen molar-refractivity contribution in [3.63, 3.8) is 0 Å². The molecule has 3 nitrogen and oxygen atoms in total. The molecular formula is C19H26N2OS. The Morgan fingerprint density at radius 2 is 1.65 bits per heavy atom. The average Bonchev–Trinajstić information content (AvgIpc) is 2.92. The van der Waals surface area contributed by atoms with Gasteiger partial charge in [0.05, 0.1) is 10.6 Å². The number of benzene rings is 1. The first kappa shape index (κ1) is 17.5. The minimum absolute atomic E-state index is 0.0398. The molecule has 2 rings (SSSR count). The second kappa shape index (κ2) is 7.64. The highest BCUT2D eigenvalue weighted by Gasteiger charge is 2.25. The number of amides is 1. The summed E-state index contributed by atoms with van der Waals surface area (Å²) in [6.07, 6.45) is 1.89. The van der Waals surface area contributed by atoms with E-state index in [1.807, 2.05) is 18.7 Å². The summed E-state index contributed by atoms with van der Waals surface area (Å²) in [7, 11) is 0. The highest BCUT2D eigenvalue weighted by Crippen LogP contribution is 2.39. The number of rotatable bonds is 6. The highest BCUT2D eigenvalue weighted by molar-refractivity contribution is 7.17. The van der Waals surface area contributed by atoms with Crippen LogP contribution in [-0.2, 0) is 12.8 Å². The number of thiophene rings is 1. The fourth-order valence-electron chi connectivity index (χ4n) is 2.84. The van der Waals surface area contributed by atoms with Crippen LogP contribution in [0.1, 0.15) is 48.5 Å². The standard InChI is InChI=1S/C19H26N2OS/c1-5-13-9-11-14(12-10-13)16-15(6-2)23-18(20)17(16)19(22)21(7-3)8-4/h9-12H,5-8,20H2,1-4H3. The van der Waals surface area contributed by atoms with E-state index in [1.54, 1.807) is 11.3 Å². The van der Waals surface area contributed by atoms with Crippen molar-refractivity contribution in [2.24, 2.45) is 0 Å². The van der Waals surface area contributed by atoms with Crippen molar-refractivity contribution in [3.05, 3.63) is 40.3 Å². The molecule has 0 saturated carbocycles. The van der Waals surface area contributed by atoms with E-state index in [0.29, 0.717) is 23.7 Å². The molecule has 1 aromatic carbocycles. The Bertz CT molecular complexity index is 669. The molecule has 1 heterocycles. The van der Waals surface area contributed by atoms with Crippen LogP contribution in [-0.4, -0.2) is 23.9 Å². The molecule has 0 aliphatic rings. The fraction of sp³-hybridized carbons (Fsp3) is 0.421. The van der Waals surface area contributed by atoms with Gasteiger partial charge in [0, 0.05) is 23.5 Å². The third kappa shape index (κ3) is 3.42. The van der Waals surface area contributed by atoms with Crippen LogP contribution in [0.4, 0.5) is 5.00 Å². The maximum atomic E-state index is 12.9. The predicted molar refractivity (Wildman–Crippen MR) is 100 cm³/mol. The Hall–Kier alpha value is -1.81. The lowest BCUT2D eigenvalue weighted by molar-refractivity contribution is 0.0775. The molecule has 2 N–H and O–H groups in total.